The number of halogens is 1. The van der Waals surface area contributed by atoms with Crippen LogP contribution in [0.3, 0.4) is 0 Å². The summed E-state index contributed by atoms with van der Waals surface area (Å²) in [5.41, 5.74) is 2.59. The average molecular weight is 367 g/mol. The first-order valence-corrected chi connectivity index (χ1v) is 8.80. The summed E-state index contributed by atoms with van der Waals surface area (Å²) in [4.78, 5) is 17.4. The van der Waals surface area contributed by atoms with Gasteiger partial charge in [-0.3, -0.25) is 4.79 Å². The van der Waals surface area contributed by atoms with Crippen LogP contribution in [0.5, 0.6) is 0 Å². The van der Waals surface area contributed by atoms with Crippen LogP contribution in [0.1, 0.15) is 36.1 Å². The van der Waals surface area contributed by atoms with Gasteiger partial charge in [-0.25, -0.2) is 4.68 Å². The van der Waals surface area contributed by atoms with Crippen molar-refractivity contribution in [3.8, 4) is 0 Å². The minimum absolute atomic E-state index is 0.0316. The Bertz CT molecular complexity index is 1000. The van der Waals surface area contributed by atoms with Crippen molar-refractivity contribution in [2.75, 3.05) is 5.32 Å². The summed E-state index contributed by atoms with van der Waals surface area (Å²) in [6.45, 7) is 0. The van der Waals surface area contributed by atoms with E-state index in [9.17, 15) is 4.79 Å². The maximum absolute atomic E-state index is 13.1. The number of hydrogen-bond donors (Lipinski definition) is 1. The van der Waals surface area contributed by atoms with Crippen molar-refractivity contribution in [3.05, 3.63) is 76.6 Å². The Morgan fingerprint density at radius 2 is 2.04 bits per heavy atom. The van der Waals surface area contributed by atoms with Gasteiger partial charge in [0.15, 0.2) is 5.78 Å². The molecule has 2 atom stereocenters. The number of furan rings is 1. The summed E-state index contributed by atoms with van der Waals surface area (Å²) in [6, 6.07) is 11.0. The molecule has 3 aromatic rings. The first kappa shape index (κ1) is 15.4. The molecule has 2 aliphatic rings. The lowest BCUT2D eigenvalue weighted by Crippen LogP contribution is -2.33. The number of ketones is 1. The number of carbonyl (C=O) groups is 1. The standard InChI is InChI=1S/C19H15ClN4O2/c20-13-5-3-11(4-6-13)18-17-14(23-19-21-10-22-24(18)19)8-12(9-15(17)25)16-2-1-7-26-16/h1-7,10,12,18H,8-9H2,(H,21,22,23)/t12-,18-/m0/s1. The van der Waals surface area contributed by atoms with Gasteiger partial charge in [0, 0.05) is 28.6 Å². The molecular weight excluding hydrogens is 352 g/mol. The molecule has 6 nitrogen and oxygen atoms in total. The molecule has 2 aromatic heterocycles. The van der Waals surface area contributed by atoms with E-state index >= 15 is 0 Å². The smallest absolute Gasteiger partial charge is 0.226 e. The maximum atomic E-state index is 13.1. The molecule has 5 rings (SSSR count). The molecule has 0 amide bonds. The van der Waals surface area contributed by atoms with Gasteiger partial charge in [-0.2, -0.15) is 10.1 Å². The van der Waals surface area contributed by atoms with Crippen molar-refractivity contribution in [1.82, 2.24) is 14.8 Å². The topological polar surface area (TPSA) is 73.0 Å². The highest BCUT2D eigenvalue weighted by atomic mass is 35.5. The molecule has 26 heavy (non-hydrogen) atoms. The Morgan fingerprint density at radius 1 is 1.19 bits per heavy atom. The van der Waals surface area contributed by atoms with Crippen molar-refractivity contribution in [1.29, 1.82) is 0 Å². The van der Waals surface area contributed by atoms with Crippen LogP contribution in [0, 0.1) is 0 Å². The zero-order valence-corrected chi connectivity index (χ0v) is 14.5. The highest BCUT2D eigenvalue weighted by Gasteiger charge is 2.39. The fourth-order valence-corrected chi connectivity index (χ4v) is 3.96. The fraction of sp³-hybridized carbons (Fsp3) is 0.211. The van der Waals surface area contributed by atoms with Gasteiger partial charge in [0.05, 0.1) is 6.26 Å². The van der Waals surface area contributed by atoms with Gasteiger partial charge in [0.2, 0.25) is 5.95 Å². The van der Waals surface area contributed by atoms with E-state index in [0.29, 0.717) is 23.8 Å². The molecule has 1 aliphatic heterocycles. The fourth-order valence-electron chi connectivity index (χ4n) is 3.83. The van der Waals surface area contributed by atoms with Crippen LogP contribution in [-0.2, 0) is 4.79 Å². The molecule has 130 valence electrons. The van der Waals surface area contributed by atoms with E-state index in [0.717, 1.165) is 22.6 Å². The van der Waals surface area contributed by atoms with Crippen molar-refractivity contribution in [2.45, 2.75) is 24.8 Å². The number of aromatic nitrogens is 3. The summed E-state index contributed by atoms with van der Waals surface area (Å²) < 4.78 is 7.29. The number of hydrogen-bond acceptors (Lipinski definition) is 5. The van der Waals surface area contributed by atoms with Crippen LogP contribution in [0.25, 0.3) is 0 Å². The first-order valence-electron chi connectivity index (χ1n) is 8.42. The van der Waals surface area contributed by atoms with Gasteiger partial charge < -0.3 is 9.73 Å². The predicted molar refractivity (Wildman–Crippen MR) is 96.0 cm³/mol. The number of anilines is 1. The number of Topliss-reactive ketones (excluding diaryl/α,β-unsaturated/α-hetero) is 1. The van der Waals surface area contributed by atoms with Gasteiger partial charge >= 0.3 is 0 Å². The number of benzene rings is 1. The second-order valence-electron chi connectivity index (χ2n) is 6.54. The number of nitrogens with zero attached hydrogens (tertiary/aromatic N) is 3. The normalized spacial score (nSPS) is 22.0. The zero-order chi connectivity index (χ0) is 17.7. The molecule has 0 unspecified atom stereocenters. The summed E-state index contributed by atoms with van der Waals surface area (Å²) in [5, 5.41) is 8.29. The summed E-state index contributed by atoms with van der Waals surface area (Å²) in [5.74, 6) is 1.60. The van der Waals surface area contributed by atoms with Crippen LogP contribution < -0.4 is 5.32 Å². The van der Waals surface area contributed by atoms with Gasteiger partial charge in [0.1, 0.15) is 18.1 Å². The Morgan fingerprint density at radius 3 is 2.81 bits per heavy atom. The Balaban J connectivity index is 1.62. The predicted octanol–water partition coefficient (Wildman–Crippen LogP) is 3.94. The van der Waals surface area contributed by atoms with Crippen LogP contribution in [0.4, 0.5) is 5.95 Å². The highest BCUT2D eigenvalue weighted by molar-refractivity contribution is 6.30. The minimum Gasteiger partial charge on any atom is -0.469 e. The van der Waals surface area contributed by atoms with E-state index in [-0.39, 0.29) is 17.7 Å². The van der Waals surface area contributed by atoms with E-state index in [1.54, 1.807) is 10.9 Å². The van der Waals surface area contributed by atoms with E-state index in [1.165, 1.54) is 6.33 Å². The lowest BCUT2D eigenvalue weighted by molar-refractivity contribution is -0.117. The summed E-state index contributed by atoms with van der Waals surface area (Å²) in [6.07, 6.45) is 4.26. The zero-order valence-electron chi connectivity index (χ0n) is 13.7. The third-order valence-electron chi connectivity index (χ3n) is 4.99. The molecule has 0 saturated heterocycles. The van der Waals surface area contributed by atoms with E-state index in [4.69, 9.17) is 16.0 Å². The van der Waals surface area contributed by atoms with Crippen molar-refractivity contribution >= 4 is 23.3 Å². The molecule has 0 bridgehead atoms. The highest BCUT2D eigenvalue weighted by Crippen LogP contribution is 2.43. The van der Waals surface area contributed by atoms with Crippen LogP contribution in [-0.4, -0.2) is 20.5 Å². The van der Waals surface area contributed by atoms with Crippen molar-refractivity contribution in [2.24, 2.45) is 0 Å². The van der Waals surface area contributed by atoms with Crippen LogP contribution in [0.2, 0.25) is 5.02 Å². The molecule has 0 spiro atoms. The molecule has 3 heterocycles. The Labute approximate surface area is 154 Å². The minimum atomic E-state index is -0.300. The van der Waals surface area contributed by atoms with Crippen LogP contribution in [0.15, 0.2) is 64.7 Å². The third-order valence-corrected chi connectivity index (χ3v) is 5.24. The van der Waals surface area contributed by atoms with E-state index in [2.05, 4.69) is 15.4 Å². The summed E-state index contributed by atoms with van der Waals surface area (Å²) >= 11 is 6.04. The third kappa shape index (κ3) is 2.37. The second-order valence-corrected chi connectivity index (χ2v) is 6.98. The maximum Gasteiger partial charge on any atom is 0.226 e. The Kier molecular flexibility index (Phi) is 3.46. The second kappa shape index (κ2) is 5.85. The molecule has 0 fully saturated rings. The lowest BCUT2D eigenvalue weighted by Gasteiger charge is -2.34. The van der Waals surface area contributed by atoms with Gasteiger partial charge in [-0.1, -0.05) is 23.7 Å². The van der Waals surface area contributed by atoms with Gasteiger partial charge in [0.25, 0.3) is 0 Å². The van der Waals surface area contributed by atoms with Gasteiger partial charge in [-0.15, -0.1) is 0 Å². The first-order chi connectivity index (χ1) is 12.7. The van der Waals surface area contributed by atoms with Crippen molar-refractivity contribution in [3.63, 3.8) is 0 Å². The quantitative estimate of drug-likeness (QED) is 0.743. The number of nitrogens with one attached hydrogen (secondary N) is 1. The number of carbonyl (C=O) groups excluding carboxylic acids is 1. The number of rotatable bonds is 2. The number of allylic oxidation sites excluding steroid dienone is 2. The average Bonchev–Trinajstić information content (AvgIpc) is 3.32. The lowest BCUT2D eigenvalue weighted by atomic mass is 9.79. The van der Waals surface area contributed by atoms with Crippen molar-refractivity contribution < 1.29 is 9.21 Å². The molecule has 1 N–H and O–H groups in total. The summed E-state index contributed by atoms with van der Waals surface area (Å²) in [7, 11) is 0. The Hall–Kier alpha value is -2.86. The molecule has 0 saturated carbocycles. The molecule has 1 aliphatic carbocycles. The molecule has 0 radical (unpaired) electrons. The SMILES string of the molecule is O=C1C[C@@H](c2ccco2)CC2=C1[C@H](c1ccc(Cl)cc1)n1ncnc1N2. The van der Waals surface area contributed by atoms with Gasteiger partial charge in [-0.05, 0) is 36.2 Å². The molecule has 7 heteroatoms. The molecular formula is C19H15ClN4O2. The number of fused-ring (bicyclic) bond motifs is 1. The molecule has 1 aromatic carbocycles. The van der Waals surface area contributed by atoms with E-state index in [1.807, 2.05) is 36.4 Å². The van der Waals surface area contributed by atoms with Crippen LogP contribution >= 0.6 is 11.6 Å². The largest absolute Gasteiger partial charge is 0.469 e. The van der Waals surface area contributed by atoms with E-state index < -0.39 is 0 Å². The monoisotopic (exact) mass is 366 g/mol.